The number of alkyl carbamates (subject to hydrolysis) is 1. The summed E-state index contributed by atoms with van der Waals surface area (Å²) in [7, 11) is 0. The van der Waals surface area contributed by atoms with Crippen molar-refractivity contribution in [1.82, 2.24) is 10.3 Å². The highest BCUT2D eigenvalue weighted by atomic mass is 79.9. The minimum absolute atomic E-state index is 0. The highest BCUT2D eigenvalue weighted by molar-refractivity contribution is 8.93. The predicted molar refractivity (Wildman–Crippen MR) is 88.5 cm³/mol. The summed E-state index contributed by atoms with van der Waals surface area (Å²) in [6, 6.07) is 3.27. The molecule has 0 unspecified atom stereocenters. The number of benzene rings is 1. The summed E-state index contributed by atoms with van der Waals surface area (Å²) in [5.74, 6) is -1.22. The van der Waals surface area contributed by atoms with Gasteiger partial charge in [0.25, 0.3) is 6.01 Å². The van der Waals surface area contributed by atoms with E-state index < -0.39 is 23.7 Å². The molecule has 1 amide bonds. The van der Waals surface area contributed by atoms with E-state index in [-0.39, 0.29) is 23.0 Å². The molecule has 1 atom stereocenters. The number of rotatable bonds is 3. The van der Waals surface area contributed by atoms with Gasteiger partial charge in [0.05, 0.1) is 0 Å². The minimum Gasteiger partial charge on any atom is -0.479 e. The number of nitrogen functional groups attached to an aromatic ring is 1. The summed E-state index contributed by atoms with van der Waals surface area (Å²) in [6.45, 7) is 5.06. The molecule has 2 rings (SSSR count). The first kappa shape index (κ1) is 18.8. The number of aliphatic carboxylic acids is 1. The van der Waals surface area contributed by atoms with Gasteiger partial charge in [-0.3, -0.25) is 0 Å². The van der Waals surface area contributed by atoms with Crippen LogP contribution in [0.4, 0.5) is 10.8 Å². The summed E-state index contributed by atoms with van der Waals surface area (Å²) in [6.07, 6.45) is -0.820. The van der Waals surface area contributed by atoms with E-state index in [1.54, 1.807) is 26.8 Å². The second-order valence-electron chi connectivity index (χ2n) is 5.70. The van der Waals surface area contributed by atoms with Crippen LogP contribution in [0.1, 0.15) is 32.4 Å². The van der Waals surface area contributed by atoms with Crippen LogP contribution in [0, 0.1) is 0 Å². The summed E-state index contributed by atoms with van der Waals surface area (Å²) in [5.41, 5.74) is 5.89. The van der Waals surface area contributed by atoms with Gasteiger partial charge in [-0.2, -0.15) is 4.98 Å². The maximum absolute atomic E-state index is 11.8. The van der Waals surface area contributed by atoms with Gasteiger partial charge < -0.3 is 25.3 Å². The third-order valence-electron chi connectivity index (χ3n) is 2.67. The van der Waals surface area contributed by atoms with Crippen molar-refractivity contribution in [3.63, 3.8) is 0 Å². The number of oxazole rings is 1. The third-order valence-corrected chi connectivity index (χ3v) is 2.67. The molecular weight excluding hydrogens is 370 g/mol. The SMILES string of the molecule is Br.CC(C)(C)OC(=O)N[C@@H](C(=O)O)c1ccc2oc(N)nc2c1. The Bertz CT molecular complexity index is 723. The number of nitrogens with one attached hydrogen (secondary N) is 1. The van der Waals surface area contributed by atoms with Crippen LogP contribution in [0.15, 0.2) is 22.6 Å². The summed E-state index contributed by atoms with van der Waals surface area (Å²) < 4.78 is 10.2. The topological polar surface area (TPSA) is 128 Å². The highest BCUT2D eigenvalue weighted by Crippen LogP contribution is 2.22. The number of aromatic nitrogens is 1. The van der Waals surface area contributed by atoms with Gasteiger partial charge in [0.15, 0.2) is 11.6 Å². The van der Waals surface area contributed by atoms with E-state index in [9.17, 15) is 14.7 Å². The van der Waals surface area contributed by atoms with Crippen LogP contribution in [0.25, 0.3) is 11.1 Å². The first-order valence-corrected chi connectivity index (χ1v) is 6.54. The zero-order valence-corrected chi connectivity index (χ0v) is 14.5. The number of carbonyl (C=O) groups is 2. The monoisotopic (exact) mass is 387 g/mol. The Hall–Kier alpha value is -2.29. The van der Waals surface area contributed by atoms with Gasteiger partial charge in [0, 0.05) is 0 Å². The predicted octanol–water partition coefficient (Wildman–Crippen LogP) is 2.64. The van der Waals surface area contributed by atoms with E-state index in [0.717, 1.165) is 0 Å². The van der Waals surface area contributed by atoms with Crippen molar-refractivity contribution in [3.05, 3.63) is 23.8 Å². The van der Waals surface area contributed by atoms with Crippen molar-refractivity contribution >= 4 is 46.2 Å². The maximum atomic E-state index is 11.8. The fraction of sp³-hybridized carbons (Fsp3) is 0.357. The Morgan fingerprint density at radius 1 is 1.39 bits per heavy atom. The van der Waals surface area contributed by atoms with Crippen molar-refractivity contribution in [2.75, 3.05) is 5.73 Å². The van der Waals surface area contributed by atoms with Gasteiger partial charge >= 0.3 is 12.1 Å². The molecular formula is C14H18BrN3O5. The third kappa shape index (κ3) is 4.85. The molecule has 126 valence electrons. The standard InChI is InChI=1S/C14H17N3O5.BrH/c1-14(2,3)22-13(20)17-10(11(18)19)7-4-5-9-8(6-7)16-12(15)21-9;/h4-6,10H,1-3H3,(H2,15,16)(H,17,20)(H,18,19);1H/t10-;/m1./s1. The fourth-order valence-electron chi connectivity index (χ4n) is 1.85. The van der Waals surface area contributed by atoms with Crippen LogP contribution in [0.3, 0.4) is 0 Å². The Balaban J connectivity index is 0.00000264. The van der Waals surface area contributed by atoms with Crippen molar-refractivity contribution in [2.24, 2.45) is 0 Å². The summed E-state index contributed by atoms with van der Waals surface area (Å²) in [5, 5.41) is 11.6. The zero-order chi connectivity index (χ0) is 16.5. The Kier molecular flexibility index (Phi) is 5.60. The number of halogens is 1. The number of fused-ring (bicyclic) bond motifs is 1. The van der Waals surface area contributed by atoms with Crippen LogP contribution in [0.2, 0.25) is 0 Å². The van der Waals surface area contributed by atoms with E-state index in [1.165, 1.54) is 12.1 Å². The van der Waals surface area contributed by atoms with Crippen molar-refractivity contribution in [3.8, 4) is 0 Å². The molecule has 23 heavy (non-hydrogen) atoms. The second-order valence-corrected chi connectivity index (χ2v) is 5.70. The van der Waals surface area contributed by atoms with E-state index in [4.69, 9.17) is 14.9 Å². The number of ether oxygens (including phenoxy) is 1. The molecule has 8 nitrogen and oxygen atoms in total. The largest absolute Gasteiger partial charge is 0.479 e. The molecule has 4 N–H and O–H groups in total. The van der Waals surface area contributed by atoms with Crippen molar-refractivity contribution in [1.29, 1.82) is 0 Å². The number of nitrogens with zero attached hydrogens (tertiary/aromatic N) is 1. The van der Waals surface area contributed by atoms with Crippen LogP contribution in [-0.4, -0.2) is 27.8 Å². The zero-order valence-electron chi connectivity index (χ0n) is 12.8. The highest BCUT2D eigenvalue weighted by Gasteiger charge is 2.26. The van der Waals surface area contributed by atoms with Gasteiger partial charge in [0.2, 0.25) is 0 Å². The number of carboxylic acid groups (broad SMARTS) is 1. The molecule has 1 aromatic heterocycles. The van der Waals surface area contributed by atoms with Gasteiger partial charge in [-0.15, -0.1) is 17.0 Å². The van der Waals surface area contributed by atoms with E-state index >= 15 is 0 Å². The van der Waals surface area contributed by atoms with Gasteiger partial charge in [-0.1, -0.05) is 6.07 Å². The van der Waals surface area contributed by atoms with Crippen LogP contribution >= 0.6 is 17.0 Å². The number of hydrogen-bond acceptors (Lipinski definition) is 6. The molecule has 0 bridgehead atoms. The Labute approximate surface area is 142 Å². The van der Waals surface area contributed by atoms with Gasteiger partial charge in [0.1, 0.15) is 11.1 Å². The number of anilines is 1. The van der Waals surface area contributed by atoms with Gasteiger partial charge in [-0.05, 0) is 38.5 Å². The molecule has 0 saturated heterocycles. The molecule has 1 heterocycles. The van der Waals surface area contributed by atoms with Crippen LogP contribution in [-0.2, 0) is 9.53 Å². The lowest BCUT2D eigenvalue weighted by Crippen LogP contribution is -2.38. The lowest BCUT2D eigenvalue weighted by molar-refractivity contribution is -0.139. The molecule has 0 fully saturated rings. The number of carboxylic acids is 1. The van der Waals surface area contributed by atoms with Crippen molar-refractivity contribution in [2.45, 2.75) is 32.4 Å². The average Bonchev–Trinajstić information content (AvgIpc) is 2.72. The lowest BCUT2D eigenvalue weighted by atomic mass is 10.1. The molecule has 0 aliphatic carbocycles. The Morgan fingerprint density at radius 2 is 2.04 bits per heavy atom. The summed E-state index contributed by atoms with van der Waals surface area (Å²) >= 11 is 0. The second kappa shape index (κ2) is 6.86. The number of hydrogen-bond donors (Lipinski definition) is 3. The first-order valence-electron chi connectivity index (χ1n) is 6.54. The van der Waals surface area contributed by atoms with Crippen LogP contribution < -0.4 is 11.1 Å². The molecule has 9 heteroatoms. The average molecular weight is 388 g/mol. The first-order chi connectivity index (χ1) is 10.2. The molecule has 0 aliphatic heterocycles. The fourth-order valence-corrected chi connectivity index (χ4v) is 1.85. The van der Waals surface area contributed by atoms with E-state index in [2.05, 4.69) is 10.3 Å². The van der Waals surface area contributed by atoms with E-state index in [1.807, 2.05) is 0 Å². The summed E-state index contributed by atoms with van der Waals surface area (Å²) in [4.78, 5) is 27.1. The molecule has 0 spiro atoms. The molecule has 0 radical (unpaired) electrons. The quantitative estimate of drug-likeness (QED) is 0.737. The molecule has 0 saturated carbocycles. The minimum atomic E-state index is -1.27. The van der Waals surface area contributed by atoms with Gasteiger partial charge in [-0.25, -0.2) is 9.59 Å². The van der Waals surface area contributed by atoms with Crippen molar-refractivity contribution < 1.29 is 23.8 Å². The maximum Gasteiger partial charge on any atom is 0.408 e. The normalized spacial score (nSPS) is 12.3. The van der Waals surface area contributed by atoms with E-state index in [0.29, 0.717) is 16.7 Å². The lowest BCUT2D eigenvalue weighted by Gasteiger charge is -2.22. The molecule has 1 aromatic carbocycles. The van der Waals surface area contributed by atoms with Crippen LogP contribution in [0.5, 0.6) is 0 Å². The smallest absolute Gasteiger partial charge is 0.408 e. The molecule has 2 aromatic rings. The number of amides is 1. The Morgan fingerprint density at radius 3 is 2.61 bits per heavy atom. The number of nitrogens with two attached hydrogens (primary N) is 1. The number of carbonyl (C=O) groups excluding carboxylic acids is 1. The molecule has 0 aliphatic rings.